The molecule has 2 atom stereocenters. The van der Waals surface area contributed by atoms with E-state index in [4.69, 9.17) is 0 Å². The zero-order valence-electron chi connectivity index (χ0n) is 13.1. The molecule has 0 N–H and O–H groups in total. The van der Waals surface area contributed by atoms with E-state index in [9.17, 15) is 0 Å². The molecule has 1 heteroatoms. The van der Waals surface area contributed by atoms with Gasteiger partial charge in [0, 0.05) is 12.5 Å². The van der Waals surface area contributed by atoms with E-state index in [0.717, 1.165) is 6.54 Å². The van der Waals surface area contributed by atoms with Gasteiger partial charge >= 0.3 is 0 Å². The summed E-state index contributed by atoms with van der Waals surface area (Å²) in [6, 6.07) is 20.2. The number of rotatable bonds is 3. The molecule has 110 valence electrons. The Kier molecular flexibility index (Phi) is 4.40. The first-order valence-electron chi connectivity index (χ1n) is 8.12. The number of nitrogens with zero attached hydrogens (tertiary/aromatic N) is 1. The van der Waals surface area contributed by atoms with Crippen molar-refractivity contribution in [1.29, 1.82) is 0 Å². The van der Waals surface area contributed by atoms with Crippen LogP contribution in [0.2, 0.25) is 0 Å². The molecule has 0 aliphatic carbocycles. The predicted octanol–water partition coefficient (Wildman–Crippen LogP) is 4.59. The quantitative estimate of drug-likeness (QED) is 0.794. The van der Waals surface area contributed by atoms with E-state index < -0.39 is 0 Å². The van der Waals surface area contributed by atoms with E-state index in [-0.39, 0.29) is 0 Å². The molecule has 0 amide bonds. The smallest absolute Gasteiger partial charge is 0.00561 e. The average molecular weight is 279 g/mol. The van der Waals surface area contributed by atoms with Crippen LogP contribution in [0.15, 0.2) is 54.6 Å². The number of likely N-dealkylation sites (N-methyl/N-ethyl adjacent to an activating group) is 1. The van der Waals surface area contributed by atoms with Crippen LogP contribution < -0.4 is 0 Å². The molecule has 1 heterocycles. The maximum atomic E-state index is 2.59. The molecule has 1 saturated heterocycles. The minimum absolute atomic E-state index is 0.612. The van der Waals surface area contributed by atoms with Gasteiger partial charge in [-0.3, -0.25) is 0 Å². The number of hydrogen-bond donors (Lipinski definition) is 0. The lowest BCUT2D eigenvalue weighted by Crippen LogP contribution is -2.38. The van der Waals surface area contributed by atoms with Crippen molar-refractivity contribution in [2.24, 2.45) is 0 Å². The maximum absolute atomic E-state index is 2.59. The van der Waals surface area contributed by atoms with Crippen LogP contribution in [-0.4, -0.2) is 24.5 Å². The standard InChI is InChI=1S/C20H25N/c1-3-21-13-12-19(17-9-5-4-6-10-17)20(15-21)18-11-7-8-16(2)14-18/h4-11,14,19-20H,3,12-13,15H2,1-2H3/t19-,20+/m1/s1. The molecule has 0 bridgehead atoms. The van der Waals surface area contributed by atoms with Crippen molar-refractivity contribution in [3.63, 3.8) is 0 Å². The van der Waals surface area contributed by atoms with E-state index in [2.05, 4.69) is 73.3 Å². The van der Waals surface area contributed by atoms with Gasteiger partial charge in [-0.15, -0.1) is 0 Å². The molecule has 0 unspecified atom stereocenters. The summed E-state index contributed by atoms with van der Waals surface area (Å²) in [5.74, 6) is 1.26. The molecule has 0 saturated carbocycles. The lowest BCUT2D eigenvalue weighted by molar-refractivity contribution is 0.198. The molecule has 2 aromatic rings. The molecule has 1 aliphatic heterocycles. The molecule has 1 fully saturated rings. The third-order valence-corrected chi connectivity index (χ3v) is 4.84. The van der Waals surface area contributed by atoms with Crippen LogP contribution >= 0.6 is 0 Å². The van der Waals surface area contributed by atoms with Crippen LogP contribution in [-0.2, 0) is 0 Å². The Bertz CT molecular complexity index is 575. The number of piperidine rings is 1. The van der Waals surface area contributed by atoms with Gasteiger partial charge in [-0.1, -0.05) is 67.1 Å². The van der Waals surface area contributed by atoms with E-state index in [1.165, 1.54) is 36.2 Å². The van der Waals surface area contributed by atoms with Gasteiger partial charge < -0.3 is 4.90 Å². The van der Waals surface area contributed by atoms with Crippen molar-refractivity contribution < 1.29 is 0 Å². The molecule has 1 aliphatic rings. The number of aryl methyl sites for hydroxylation is 1. The van der Waals surface area contributed by atoms with Crippen LogP contribution in [0.1, 0.15) is 41.9 Å². The number of likely N-dealkylation sites (tertiary alicyclic amines) is 1. The monoisotopic (exact) mass is 279 g/mol. The molecule has 0 aromatic heterocycles. The highest BCUT2D eigenvalue weighted by atomic mass is 15.1. The Morgan fingerprint density at radius 3 is 2.43 bits per heavy atom. The predicted molar refractivity (Wildman–Crippen MR) is 89.8 cm³/mol. The van der Waals surface area contributed by atoms with Crippen LogP contribution in [0.25, 0.3) is 0 Å². The fraction of sp³-hybridized carbons (Fsp3) is 0.400. The Labute approximate surface area is 128 Å². The topological polar surface area (TPSA) is 3.24 Å². The Hall–Kier alpha value is -1.60. The highest BCUT2D eigenvalue weighted by Crippen LogP contribution is 2.39. The van der Waals surface area contributed by atoms with Crippen LogP contribution in [0.5, 0.6) is 0 Å². The lowest BCUT2D eigenvalue weighted by atomic mass is 9.76. The van der Waals surface area contributed by atoms with E-state index >= 15 is 0 Å². The fourth-order valence-electron chi connectivity index (χ4n) is 3.64. The minimum Gasteiger partial charge on any atom is -0.303 e. The second kappa shape index (κ2) is 6.44. The largest absolute Gasteiger partial charge is 0.303 e. The molecule has 21 heavy (non-hydrogen) atoms. The second-order valence-corrected chi connectivity index (χ2v) is 6.22. The summed E-state index contributed by atoms with van der Waals surface area (Å²) in [7, 11) is 0. The van der Waals surface area contributed by atoms with Gasteiger partial charge in [0.05, 0.1) is 0 Å². The Morgan fingerprint density at radius 2 is 1.71 bits per heavy atom. The molecule has 2 aromatic carbocycles. The highest BCUT2D eigenvalue weighted by molar-refractivity contribution is 5.32. The summed E-state index contributed by atoms with van der Waals surface area (Å²) in [5.41, 5.74) is 4.37. The highest BCUT2D eigenvalue weighted by Gasteiger charge is 2.30. The summed E-state index contributed by atoms with van der Waals surface area (Å²) in [5, 5.41) is 0. The van der Waals surface area contributed by atoms with Crippen molar-refractivity contribution in [3.05, 3.63) is 71.3 Å². The first kappa shape index (κ1) is 14.3. The van der Waals surface area contributed by atoms with E-state index in [1.54, 1.807) is 0 Å². The van der Waals surface area contributed by atoms with E-state index in [1.807, 2.05) is 0 Å². The SMILES string of the molecule is CCN1CC[C@H](c2ccccc2)[C@H](c2cccc(C)c2)C1. The van der Waals surface area contributed by atoms with Gasteiger partial charge in [0.25, 0.3) is 0 Å². The zero-order chi connectivity index (χ0) is 14.7. The zero-order valence-corrected chi connectivity index (χ0v) is 13.1. The van der Waals surface area contributed by atoms with Crippen molar-refractivity contribution in [2.45, 2.75) is 32.1 Å². The van der Waals surface area contributed by atoms with Gasteiger partial charge in [-0.25, -0.2) is 0 Å². The fourth-order valence-corrected chi connectivity index (χ4v) is 3.64. The van der Waals surface area contributed by atoms with Crippen LogP contribution in [0, 0.1) is 6.92 Å². The Morgan fingerprint density at radius 1 is 0.952 bits per heavy atom. The average Bonchev–Trinajstić information content (AvgIpc) is 2.55. The summed E-state index contributed by atoms with van der Waals surface area (Å²) >= 11 is 0. The van der Waals surface area contributed by atoms with Gasteiger partial charge in [0.15, 0.2) is 0 Å². The van der Waals surface area contributed by atoms with Crippen LogP contribution in [0.4, 0.5) is 0 Å². The summed E-state index contributed by atoms with van der Waals surface area (Å²) in [6.07, 6.45) is 1.26. The summed E-state index contributed by atoms with van der Waals surface area (Å²) in [6.45, 7) is 8.03. The molecule has 3 rings (SSSR count). The van der Waals surface area contributed by atoms with Crippen molar-refractivity contribution in [3.8, 4) is 0 Å². The number of hydrogen-bond acceptors (Lipinski definition) is 1. The van der Waals surface area contributed by atoms with Crippen molar-refractivity contribution >= 4 is 0 Å². The third kappa shape index (κ3) is 3.19. The first-order valence-corrected chi connectivity index (χ1v) is 8.12. The maximum Gasteiger partial charge on any atom is 0.00561 e. The van der Waals surface area contributed by atoms with Gasteiger partial charge in [0.2, 0.25) is 0 Å². The summed E-state index contributed by atoms with van der Waals surface area (Å²) < 4.78 is 0. The van der Waals surface area contributed by atoms with Crippen LogP contribution in [0.3, 0.4) is 0 Å². The molecule has 0 radical (unpaired) electrons. The van der Waals surface area contributed by atoms with E-state index in [0.29, 0.717) is 11.8 Å². The molecule has 1 nitrogen and oxygen atoms in total. The molecular weight excluding hydrogens is 254 g/mol. The Balaban J connectivity index is 1.94. The second-order valence-electron chi connectivity index (χ2n) is 6.22. The molecular formula is C20H25N. The lowest BCUT2D eigenvalue weighted by Gasteiger charge is -2.39. The van der Waals surface area contributed by atoms with Gasteiger partial charge in [-0.05, 0) is 43.5 Å². The summed E-state index contributed by atoms with van der Waals surface area (Å²) in [4.78, 5) is 2.59. The third-order valence-electron chi connectivity index (χ3n) is 4.84. The number of benzene rings is 2. The van der Waals surface area contributed by atoms with Crippen molar-refractivity contribution in [2.75, 3.05) is 19.6 Å². The normalized spacial score (nSPS) is 23.1. The first-order chi connectivity index (χ1) is 10.3. The van der Waals surface area contributed by atoms with Gasteiger partial charge in [-0.2, -0.15) is 0 Å². The van der Waals surface area contributed by atoms with Gasteiger partial charge in [0.1, 0.15) is 0 Å². The molecule has 0 spiro atoms. The minimum atomic E-state index is 0.612. The van der Waals surface area contributed by atoms with Crippen molar-refractivity contribution in [1.82, 2.24) is 4.90 Å².